The fourth-order valence-corrected chi connectivity index (χ4v) is 2.88. The van der Waals surface area contributed by atoms with Crippen LogP contribution in [0.5, 0.6) is 16.7 Å². The molecule has 0 bridgehead atoms. The Morgan fingerprint density at radius 3 is 2.57 bits per heavy atom. The molecular formula is C16H14ClNO4S. The van der Waals surface area contributed by atoms with Gasteiger partial charge >= 0.3 is 5.97 Å². The number of benzene rings is 2. The predicted octanol–water partition coefficient (Wildman–Crippen LogP) is 4.84. The molecule has 0 aliphatic carbocycles. The maximum Gasteiger partial charge on any atom is 0.341 e. The number of nitrogens with zero attached hydrogens (tertiary/aromatic N) is 1. The third-order valence-electron chi connectivity index (χ3n) is 2.72. The molecule has 0 atom stereocenters. The molecule has 0 saturated carbocycles. The minimum atomic E-state index is -1.02. The van der Waals surface area contributed by atoms with Crippen LogP contribution in [0.4, 0.5) is 0 Å². The number of fused-ring (bicyclic) bond motifs is 1. The Kier molecular flexibility index (Phi) is 5.41. The Morgan fingerprint density at radius 2 is 1.87 bits per heavy atom. The van der Waals surface area contributed by atoms with Gasteiger partial charge < -0.3 is 14.6 Å². The lowest BCUT2D eigenvalue weighted by Gasteiger charge is -2.04. The molecule has 0 radical (unpaired) electrons. The standard InChI is InChI=1S/C15H10ClNO4S.CH4/c16-9-1-6-12-13(7-9)22-15(17-12)21-11-4-2-10(3-5-11)20-8-14(18)19;/h1-7H,8H2,(H,18,19);1H4. The van der Waals surface area contributed by atoms with Crippen molar-refractivity contribution in [2.75, 3.05) is 6.61 Å². The van der Waals surface area contributed by atoms with Crippen molar-refractivity contribution in [1.82, 2.24) is 4.98 Å². The molecule has 2 aromatic carbocycles. The Labute approximate surface area is 142 Å². The van der Waals surface area contributed by atoms with E-state index >= 15 is 0 Å². The quantitative estimate of drug-likeness (QED) is 0.712. The van der Waals surface area contributed by atoms with E-state index in [2.05, 4.69) is 4.98 Å². The van der Waals surface area contributed by atoms with E-state index < -0.39 is 5.97 Å². The van der Waals surface area contributed by atoms with Gasteiger partial charge in [0.05, 0.1) is 10.2 Å². The number of carboxylic acids is 1. The third kappa shape index (κ3) is 4.34. The third-order valence-corrected chi connectivity index (χ3v) is 3.85. The maximum atomic E-state index is 10.4. The monoisotopic (exact) mass is 351 g/mol. The Balaban J connectivity index is 0.00000192. The average Bonchev–Trinajstić information content (AvgIpc) is 2.87. The number of carboxylic acid groups (broad SMARTS) is 1. The van der Waals surface area contributed by atoms with Crippen molar-refractivity contribution in [2.24, 2.45) is 0 Å². The topological polar surface area (TPSA) is 68.7 Å². The minimum Gasteiger partial charge on any atom is -0.482 e. The van der Waals surface area contributed by atoms with E-state index in [1.807, 2.05) is 12.1 Å². The van der Waals surface area contributed by atoms with E-state index in [9.17, 15) is 4.79 Å². The van der Waals surface area contributed by atoms with Crippen LogP contribution in [0.15, 0.2) is 42.5 Å². The van der Waals surface area contributed by atoms with Gasteiger partial charge in [-0.15, -0.1) is 0 Å². The van der Waals surface area contributed by atoms with E-state index in [0.717, 1.165) is 10.2 Å². The van der Waals surface area contributed by atoms with Crippen LogP contribution in [0, 0.1) is 0 Å². The average molecular weight is 352 g/mol. The number of aromatic nitrogens is 1. The summed E-state index contributed by atoms with van der Waals surface area (Å²) in [4.78, 5) is 14.8. The van der Waals surface area contributed by atoms with Gasteiger partial charge in [0.2, 0.25) is 0 Å². The molecule has 0 saturated heterocycles. The van der Waals surface area contributed by atoms with Crippen LogP contribution in [-0.2, 0) is 4.79 Å². The van der Waals surface area contributed by atoms with Crippen molar-refractivity contribution < 1.29 is 19.4 Å². The zero-order valence-electron chi connectivity index (χ0n) is 11.2. The maximum absolute atomic E-state index is 10.4. The number of halogens is 1. The van der Waals surface area contributed by atoms with E-state index in [-0.39, 0.29) is 14.0 Å². The molecule has 0 fully saturated rings. The molecule has 120 valence electrons. The second-order valence-corrected chi connectivity index (χ2v) is 5.78. The summed E-state index contributed by atoms with van der Waals surface area (Å²) in [5, 5.41) is 9.71. The van der Waals surface area contributed by atoms with Crippen LogP contribution in [0.25, 0.3) is 10.2 Å². The first-order chi connectivity index (χ1) is 10.6. The number of thiazole rings is 1. The summed E-state index contributed by atoms with van der Waals surface area (Å²) < 4.78 is 11.7. The molecule has 1 heterocycles. The molecule has 3 rings (SSSR count). The van der Waals surface area contributed by atoms with Gasteiger partial charge in [0.25, 0.3) is 5.19 Å². The molecule has 0 spiro atoms. The molecule has 1 N–H and O–H groups in total. The van der Waals surface area contributed by atoms with Crippen LogP contribution in [-0.4, -0.2) is 22.7 Å². The van der Waals surface area contributed by atoms with E-state index in [1.54, 1.807) is 30.3 Å². The van der Waals surface area contributed by atoms with Gasteiger partial charge in [-0.25, -0.2) is 9.78 Å². The van der Waals surface area contributed by atoms with Gasteiger partial charge in [-0.05, 0) is 42.5 Å². The second kappa shape index (κ2) is 7.30. The molecule has 5 nitrogen and oxygen atoms in total. The van der Waals surface area contributed by atoms with Crippen molar-refractivity contribution in [3.63, 3.8) is 0 Å². The number of ether oxygens (including phenoxy) is 2. The van der Waals surface area contributed by atoms with Crippen LogP contribution in [0.2, 0.25) is 5.02 Å². The van der Waals surface area contributed by atoms with E-state index in [0.29, 0.717) is 21.7 Å². The van der Waals surface area contributed by atoms with Crippen molar-refractivity contribution in [3.8, 4) is 16.7 Å². The van der Waals surface area contributed by atoms with Crippen molar-refractivity contribution in [2.45, 2.75) is 7.43 Å². The fraction of sp³-hybridized carbons (Fsp3) is 0.125. The first-order valence-corrected chi connectivity index (χ1v) is 7.48. The summed E-state index contributed by atoms with van der Waals surface area (Å²) >= 11 is 7.34. The molecule has 0 unspecified atom stereocenters. The summed E-state index contributed by atoms with van der Waals surface area (Å²) in [6.45, 7) is -0.376. The zero-order valence-corrected chi connectivity index (χ0v) is 12.7. The molecule has 1 aromatic heterocycles. The van der Waals surface area contributed by atoms with Crippen LogP contribution in [0.3, 0.4) is 0 Å². The van der Waals surface area contributed by atoms with Gasteiger partial charge in [-0.3, -0.25) is 0 Å². The number of hydrogen-bond acceptors (Lipinski definition) is 5. The van der Waals surface area contributed by atoms with Crippen LogP contribution < -0.4 is 9.47 Å². The summed E-state index contributed by atoms with van der Waals surface area (Å²) in [7, 11) is 0. The van der Waals surface area contributed by atoms with Gasteiger partial charge in [-0.2, -0.15) is 0 Å². The van der Waals surface area contributed by atoms with E-state index in [1.165, 1.54) is 11.3 Å². The first-order valence-electron chi connectivity index (χ1n) is 6.29. The largest absolute Gasteiger partial charge is 0.482 e. The van der Waals surface area contributed by atoms with Gasteiger partial charge in [0, 0.05) is 5.02 Å². The lowest BCUT2D eigenvalue weighted by molar-refractivity contribution is -0.139. The molecular weight excluding hydrogens is 338 g/mol. The fourth-order valence-electron chi connectivity index (χ4n) is 1.77. The van der Waals surface area contributed by atoms with Crippen molar-refractivity contribution in [3.05, 3.63) is 47.5 Å². The highest BCUT2D eigenvalue weighted by atomic mass is 35.5. The molecule has 0 aliphatic heterocycles. The Hall–Kier alpha value is -2.31. The van der Waals surface area contributed by atoms with Crippen molar-refractivity contribution in [1.29, 1.82) is 0 Å². The number of aliphatic carboxylic acids is 1. The first kappa shape index (κ1) is 17.1. The summed E-state index contributed by atoms with van der Waals surface area (Å²) in [5.41, 5.74) is 0.825. The normalized spacial score (nSPS) is 10.1. The number of rotatable bonds is 5. The molecule has 23 heavy (non-hydrogen) atoms. The highest BCUT2D eigenvalue weighted by Crippen LogP contribution is 2.33. The predicted molar refractivity (Wildman–Crippen MR) is 91.0 cm³/mol. The molecule has 7 heteroatoms. The summed E-state index contributed by atoms with van der Waals surface area (Å²) in [6.07, 6.45) is 0. The highest BCUT2D eigenvalue weighted by Gasteiger charge is 2.07. The SMILES string of the molecule is C.O=C(O)COc1ccc(Oc2nc3ccc(Cl)cc3s2)cc1. The summed E-state index contributed by atoms with van der Waals surface area (Å²) in [5.74, 6) is 0.0344. The van der Waals surface area contributed by atoms with Crippen molar-refractivity contribution >= 4 is 39.1 Å². The smallest absolute Gasteiger partial charge is 0.341 e. The lowest BCUT2D eigenvalue weighted by Crippen LogP contribution is -2.09. The van der Waals surface area contributed by atoms with Gasteiger partial charge in [0.15, 0.2) is 6.61 Å². The second-order valence-electron chi connectivity index (χ2n) is 4.35. The van der Waals surface area contributed by atoms with Crippen LogP contribution >= 0.6 is 22.9 Å². The van der Waals surface area contributed by atoms with E-state index in [4.69, 9.17) is 26.2 Å². The number of hydrogen-bond donors (Lipinski definition) is 1. The number of carbonyl (C=O) groups is 1. The Morgan fingerprint density at radius 1 is 1.17 bits per heavy atom. The Bertz CT molecular complexity index is 817. The van der Waals surface area contributed by atoms with Gasteiger partial charge in [-0.1, -0.05) is 30.4 Å². The lowest BCUT2D eigenvalue weighted by atomic mass is 10.3. The molecule has 0 aliphatic rings. The highest BCUT2D eigenvalue weighted by molar-refractivity contribution is 7.20. The minimum absolute atomic E-state index is 0. The van der Waals surface area contributed by atoms with Gasteiger partial charge in [0.1, 0.15) is 11.5 Å². The molecule has 0 amide bonds. The molecule has 3 aromatic rings. The van der Waals surface area contributed by atoms with Crippen LogP contribution in [0.1, 0.15) is 7.43 Å². The zero-order chi connectivity index (χ0) is 15.5. The summed E-state index contributed by atoms with van der Waals surface area (Å²) in [6, 6.07) is 12.1.